The number of carbonyl (C=O) groups excluding carboxylic acids is 1. The Morgan fingerprint density at radius 3 is 2.69 bits per heavy atom. The van der Waals surface area contributed by atoms with E-state index in [1.807, 2.05) is 49.6 Å². The van der Waals surface area contributed by atoms with Gasteiger partial charge in [0.05, 0.1) is 12.9 Å². The molecule has 0 aliphatic carbocycles. The minimum atomic E-state index is -0.335. The summed E-state index contributed by atoms with van der Waals surface area (Å²) in [6.07, 6.45) is 1.52. The summed E-state index contributed by atoms with van der Waals surface area (Å²) in [6, 6.07) is 7.53. The van der Waals surface area contributed by atoms with Gasteiger partial charge in [-0.15, -0.1) is 20.4 Å². The second kappa shape index (κ2) is 11.3. The number of aromatic nitrogens is 5. The number of hydrogen-bond acceptors (Lipinski definition) is 9. The third-order valence-corrected chi connectivity index (χ3v) is 6.28. The van der Waals surface area contributed by atoms with Crippen molar-refractivity contribution >= 4 is 34.1 Å². The van der Waals surface area contributed by atoms with E-state index in [2.05, 4.69) is 32.6 Å². The third-order valence-electron chi connectivity index (χ3n) is 4.43. The van der Waals surface area contributed by atoms with Crippen molar-refractivity contribution in [3.63, 3.8) is 0 Å². The fraction of sp³-hybridized carbons (Fsp3) is 0.476. The van der Waals surface area contributed by atoms with Crippen LogP contribution < -0.4 is 14.8 Å². The van der Waals surface area contributed by atoms with E-state index in [1.165, 1.54) is 23.1 Å². The molecule has 3 aromatic rings. The Morgan fingerprint density at radius 1 is 1.19 bits per heavy atom. The normalized spacial score (nSPS) is 12.1. The summed E-state index contributed by atoms with van der Waals surface area (Å²) >= 11 is 2.73. The van der Waals surface area contributed by atoms with Crippen molar-refractivity contribution in [3.05, 3.63) is 35.1 Å². The van der Waals surface area contributed by atoms with E-state index >= 15 is 0 Å². The highest BCUT2D eigenvalue weighted by Crippen LogP contribution is 2.29. The number of rotatable bonds is 11. The van der Waals surface area contributed by atoms with Gasteiger partial charge in [-0.05, 0) is 39.3 Å². The number of nitrogens with zero attached hydrogens (tertiary/aromatic N) is 5. The number of nitrogens with one attached hydrogen (secondary N) is 1. The lowest BCUT2D eigenvalue weighted by atomic mass is 10.3. The highest BCUT2D eigenvalue weighted by molar-refractivity contribution is 7.99. The summed E-state index contributed by atoms with van der Waals surface area (Å²) in [6.45, 7) is 8.10. The number of benzene rings is 1. The Hall–Kier alpha value is -2.66. The number of thioether (sulfide) groups is 1. The Bertz CT molecular complexity index is 1040. The van der Waals surface area contributed by atoms with Gasteiger partial charge in [0.15, 0.2) is 17.1 Å². The van der Waals surface area contributed by atoms with Crippen molar-refractivity contribution in [1.82, 2.24) is 25.0 Å². The zero-order chi connectivity index (χ0) is 23.1. The summed E-state index contributed by atoms with van der Waals surface area (Å²) < 4.78 is 13.3. The second-order valence-corrected chi connectivity index (χ2v) is 9.34. The van der Waals surface area contributed by atoms with E-state index in [0.29, 0.717) is 21.9 Å². The molecule has 11 heteroatoms. The van der Waals surface area contributed by atoms with Crippen molar-refractivity contribution in [2.24, 2.45) is 0 Å². The molecule has 1 unspecified atom stereocenters. The molecule has 1 aromatic carbocycles. The highest BCUT2D eigenvalue weighted by atomic mass is 32.2. The molecule has 0 spiro atoms. The molecule has 0 saturated heterocycles. The van der Waals surface area contributed by atoms with E-state index in [1.54, 1.807) is 7.11 Å². The van der Waals surface area contributed by atoms with Crippen molar-refractivity contribution < 1.29 is 14.3 Å². The van der Waals surface area contributed by atoms with Crippen molar-refractivity contribution in [3.8, 4) is 11.5 Å². The molecule has 9 nitrogen and oxygen atoms in total. The van der Waals surface area contributed by atoms with Gasteiger partial charge in [-0.2, -0.15) is 0 Å². The fourth-order valence-corrected chi connectivity index (χ4v) is 4.72. The first kappa shape index (κ1) is 24.0. The van der Waals surface area contributed by atoms with Crippen LogP contribution in [0.25, 0.3) is 0 Å². The van der Waals surface area contributed by atoms with Crippen LogP contribution in [-0.4, -0.2) is 43.7 Å². The standard InChI is InChI=1S/C21H28N6O3S2/c1-6-8-18-23-25-20(32-18)22-17(28)12-31-21-26-24-19(27(21)13(2)3)14(4)30-16-10-7-9-15(11-16)29-5/h7,9-11,13-14H,6,8,12H2,1-5H3,(H,22,25,28). The predicted molar refractivity (Wildman–Crippen MR) is 126 cm³/mol. The number of carbonyl (C=O) groups is 1. The zero-order valence-electron chi connectivity index (χ0n) is 18.9. The largest absolute Gasteiger partial charge is 0.497 e. The highest BCUT2D eigenvalue weighted by Gasteiger charge is 2.22. The van der Waals surface area contributed by atoms with Gasteiger partial charge < -0.3 is 14.0 Å². The minimum Gasteiger partial charge on any atom is -0.497 e. The van der Waals surface area contributed by atoms with Crippen LogP contribution in [0.5, 0.6) is 11.5 Å². The molecule has 0 radical (unpaired) electrons. The van der Waals surface area contributed by atoms with Crippen LogP contribution in [0.1, 0.15) is 57.1 Å². The quantitative estimate of drug-likeness (QED) is 0.402. The topological polar surface area (TPSA) is 104 Å². The predicted octanol–water partition coefficient (Wildman–Crippen LogP) is 4.54. The van der Waals surface area contributed by atoms with E-state index < -0.39 is 0 Å². The van der Waals surface area contributed by atoms with Crippen molar-refractivity contribution in [2.75, 3.05) is 18.2 Å². The number of aryl methyl sites for hydroxylation is 1. The molecule has 0 fully saturated rings. The number of amides is 1. The van der Waals surface area contributed by atoms with Crippen LogP contribution in [0.4, 0.5) is 5.13 Å². The van der Waals surface area contributed by atoms with Crippen LogP contribution in [0.2, 0.25) is 0 Å². The van der Waals surface area contributed by atoms with E-state index in [-0.39, 0.29) is 23.8 Å². The second-order valence-electron chi connectivity index (χ2n) is 7.33. The first-order valence-electron chi connectivity index (χ1n) is 10.4. The molecule has 2 aromatic heterocycles. The average molecular weight is 477 g/mol. The third kappa shape index (κ3) is 6.19. The lowest BCUT2D eigenvalue weighted by Gasteiger charge is -2.19. The first-order valence-corrected chi connectivity index (χ1v) is 12.2. The summed E-state index contributed by atoms with van der Waals surface area (Å²) in [7, 11) is 1.62. The monoisotopic (exact) mass is 476 g/mol. The van der Waals surface area contributed by atoms with Crippen molar-refractivity contribution in [2.45, 2.75) is 57.8 Å². The van der Waals surface area contributed by atoms with E-state index in [4.69, 9.17) is 9.47 Å². The lowest BCUT2D eigenvalue weighted by Crippen LogP contribution is -2.16. The maximum Gasteiger partial charge on any atom is 0.236 e. The first-order chi connectivity index (χ1) is 15.4. The van der Waals surface area contributed by atoms with Gasteiger partial charge in [0.2, 0.25) is 11.0 Å². The molecular weight excluding hydrogens is 448 g/mol. The van der Waals surface area contributed by atoms with Gasteiger partial charge in [0.1, 0.15) is 16.5 Å². The molecule has 0 bridgehead atoms. The fourth-order valence-electron chi connectivity index (χ4n) is 2.99. The van der Waals surface area contributed by atoms with E-state index in [9.17, 15) is 4.79 Å². The zero-order valence-corrected chi connectivity index (χ0v) is 20.5. The van der Waals surface area contributed by atoms with Gasteiger partial charge in [-0.1, -0.05) is 36.1 Å². The molecule has 1 atom stereocenters. The van der Waals surface area contributed by atoms with Gasteiger partial charge in [0.25, 0.3) is 0 Å². The molecule has 0 saturated carbocycles. The van der Waals surface area contributed by atoms with Gasteiger partial charge in [-0.3, -0.25) is 10.1 Å². The summed E-state index contributed by atoms with van der Waals surface area (Å²) in [5.41, 5.74) is 0. The Labute approximate surface area is 195 Å². The van der Waals surface area contributed by atoms with Crippen LogP contribution in [0.15, 0.2) is 29.4 Å². The number of ether oxygens (including phenoxy) is 2. The van der Waals surface area contributed by atoms with Crippen LogP contribution in [0.3, 0.4) is 0 Å². The maximum absolute atomic E-state index is 12.4. The number of methoxy groups -OCH3 is 1. The molecular formula is C21H28N6O3S2. The Balaban J connectivity index is 1.65. The lowest BCUT2D eigenvalue weighted by molar-refractivity contribution is -0.113. The Kier molecular flexibility index (Phi) is 8.46. The molecule has 1 amide bonds. The summed E-state index contributed by atoms with van der Waals surface area (Å²) in [4.78, 5) is 12.4. The molecule has 2 heterocycles. The molecule has 0 aliphatic heterocycles. The minimum absolute atomic E-state index is 0.0988. The van der Waals surface area contributed by atoms with Crippen LogP contribution in [-0.2, 0) is 11.2 Å². The molecule has 3 rings (SSSR count). The average Bonchev–Trinajstić information content (AvgIpc) is 3.39. The van der Waals surface area contributed by atoms with Gasteiger partial charge >= 0.3 is 0 Å². The summed E-state index contributed by atoms with van der Waals surface area (Å²) in [5.74, 6) is 2.13. The van der Waals surface area contributed by atoms with E-state index in [0.717, 1.165) is 23.6 Å². The molecule has 172 valence electrons. The smallest absolute Gasteiger partial charge is 0.236 e. The molecule has 1 N–H and O–H groups in total. The maximum atomic E-state index is 12.4. The van der Waals surface area contributed by atoms with Crippen LogP contribution in [0, 0.1) is 0 Å². The van der Waals surface area contributed by atoms with Gasteiger partial charge in [0, 0.05) is 18.5 Å². The SMILES string of the molecule is CCCc1nnc(NC(=O)CSc2nnc(C(C)Oc3cccc(OC)c3)n2C(C)C)s1. The Morgan fingerprint density at radius 2 is 1.97 bits per heavy atom. The van der Waals surface area contributed by atoms with Crippen LogP contribution >= 0.6 is 23.1 Å². The summed E-state index contributed by atoms with van der Waals surface area (Å²) in [5, 5.41) is 21.7. The number of anilines is 1. The van der Waals surface area contributed by atoms with Gasteiger partial charge in [-0.25, -0.2) is 0 Å². The van der Waals surface area contributed by atoms with Crippen molar-refractivity contribution in [1.29, 1.82) is 0 Å². The molecule has 32 heavy (non-hydrogen) atoms. The molecule has 0 aliphatic rings. The number of hydrogen-bond donors (Lipinski definition) is 1.